The molecule has 0 aliphatic rings. The highest BCUT2D eigenvalue weighted by molar-refractivity contribution is 5.94. The topological polar surface area (TPSA) is 119 Å². The maximum Gasteiger partial charge on any atom is 0.307 e. The maximum atomic E-state index is 12.4. The number of rotatable bonds is 8. The average Bonchev–Trinajstić information content (AvgIpc) is 3.19. The van der Waals surface area contributed by atoms with E-state index in [0.717, 1.165) is 6.42 Å². The molecule has 1 aromatic carbocycles. The van der Waals surface area contributed by atoms with Gasteiger partial charge in [0.2, 0.25) is 0 Å². The minimum absolute atomic E-state index is 0.0102. The number of nitrogens with zero attached hydrogens (tertiary/aromatic N) is 3. The molecule has 9 heteroatoms. The van der Waals surface area contributed by atoms with E-state index in [1.807, 2.05) is 13.8 Å². The van der Waals surface area contributed by atoms with Crippen molar-refractivity contribution in [3.05, 3.63) is 52.7 Å². The number of ether oxygens (including phenoxy) is 1. The van der Waals surface area contributed by atoms with E-state index in [-0.39, 0.29) is 24.4 Å². The fourth-order valence-corrected chi connectivity index (χ4v) is 2.95. The number of amides is 1. The molecule has 158 valence electrons. The lowest BCUT2D eigenvalue weighted by molar-refractivity contribution is -0.153. The van der Waals surface area contributed by atoms with Crippen molar-refractivity contribution in [3.63, 3.8) is 0 Å². The number of anilines is 1. The minimum Gasteiger partial charge on any atom is -0.453 e. The van der Waals surface area contributed by atoms with E-state index in [1.165, 1.54) is 6.92 Å². The van der Waals surface area contributed by atoms with Crippen molar-refractivity contribution in [1.29, 1.82) is 0 Å². The number of benzene rings is 1. The Balaban J connectivity index is 1.55. The van der Waals surface area contributed by atoms with Crippen molar-refractivity contribution in [2.45, 2.75) is 52.2 Å². The van der Waals surface area contributed by atoms with Gasteiger partial charge in [-0.15, -0.1) is 0 Å². The molecule has 0 fully saturated rings. The predicted octanol–water partition coefficient (Wildman–Crippen LogP) is 2.59. The lowest BCUT2D eigenvalue weighted by Gasteiger charge is -2.17. The smallest absolute Gasteiger partial charge is 0.307 e. The SMILES string of the molecule is CC[C@@H](C)n1nccc1NC(=O)[C@H](C)OC(=O)CCc1nc2ccccc2c(=O)[nH]1. The molecule has 2 atom stereocenters. The van der Waals surface area contributed by atoms with Crippen molar-refractivity contribution in [2.75, 3.05) is 5.32 Å². The number of nitrogens with one attached hydrogen (secondary N) is 2. The lowest BCUT2D eigenvalue weighted by Crippen LogP contribution is -2.31. The second-order valence-corrected chi connectivity index (χ2v) is 7.07. The van der Waals surface area contributed by atoms with Crippen LogP contribution in [0.25, 0.3) is 10.9 Å². The Bertz CT molecular complexity index is 1100. The first-order chi connectivity index (χ1) is 14.4. The van der Waals surface area contributed by atoms with Gasteiger partial charge < -0.3 is 15.0 Å². The van der Waals surface area contributed by atoms with Gasteiger partial charge in [-0.25, -0.2) is 9.67 Å². The quantitative estimate of drug-likeness (QED) is 0.550. The zero-order chi connectivity index (χ0) is 21.7. The Morgan fingerprint density at radius 2 is 2.00 bits per heavy atom. The number of fused-ring (bicyclic) bond motifs is 1. The molecule has 2 heterocycles. The van der Waals surface area contributed by atoms with Crippen molar-refractivity contribution in [2.24, 2.45) is 0 Å². The molecule has 9 nitrogen and oxygen atoms in total. The monoisotopic (exact) mass is 411 g/mol. The molecule has 0 saturated heterocycles. The van der Waals surface area contributed by atoms with Gasteiger partial charge >= 0.3 is 5.97 Å². The van der Waals surface area contributed by atoms with Crippen LogP contribution < -0.4 is 10.9 Å². The van der Waals surface area contributed by atoms with E-state index in [4.69, 9.17) is 4.74 Å². The fourth-order valence-electron chi connectivity index (χ4n) is 2.95. The highest BCUT2D eigenvalue weighted by Gasteiger charge is 2.20. The van der Waals surface area contributed by atoms with Gasteiger partial charge in [0, 0.05) is 12.5 Å². The molecular formula is C21H25N5O4. The summed E-state index contributed by atoms with van der Waals surface area (Å²) in [5.74, 6) is -0.0464. The van der Waals surface area contributed by atoms with Gasteiger partial charge in [0.25, 0.3) is 11.5 Å². The van der Waals surface area contributed by atoms with E-state index >= 15 is 0 Å². The molecule has 0 aliphatic carbocycles. The number of carbonyl (C=O) groups excluding carboxylic acids is 2. The molecule has 0 aliphatic heterocycles. The third kappa shape index (κ3) is 4.91. The van der Waals surface area contributed by atoms with Gasteiger partial charge in [0.15, 0.2) is 6.10 Å². The van der Waals surface area contributed by atoms with Crippen molar-refractivity contribution >= 4 is 28.6 Å². The molecule has 3 rings (SSSR count). The van der Waals surface area contributed by atoms with Gasteiger partial charge in [-0.1, -0.05) is 19.1 Å². The van der Waals surface area contributed by atoms with Crippen LogP contribution in [0.3, 0.4) is 0 Å². The zero-order valence-corrected chi connectivity index (χ0v) is 17.2. The van der Waals surface area contributed by atoms with E-state index in [9.17, 15) is 14.4 Å². The summed E-state index contributed by atoms with van der Waals surface area (Å²) in [7, 11) is 0. The van der Waals surface area contributed by atoms with Gasteiger partial charge in [-0.3, -0.25) is 14.4 Å². The molecule has 1 amide bonds. The van der Waals surface area contributed by atoms with Gasteiger partial charge in [-0.05, 0) is 32.4 Å². The summed E-state index contributed by atoms with van der Waals surface area (Å²) >= 11 is 0. The standard InChI is InChI=1S/C21H25N5O4/c1-4-13(2)26-18(11-12-22-26)25-20(28)14(3)30-19(27)10-9-17-23-16-8-6-5-7-15(16)21(29)24-17/h5-8,11-14H,4,9-10H2,1-3H3,(H,25,28)(H,23,24,29)/t13-,14+/m1/s1. The lowest BCUT2D eigenvalue weighted by atomic mass is 10.2. The summed E-state index contributed by atoms with van der Waals surface area (Å²) in [5, 5.41) is 7.44. The Hall–Kier alpha value is -3.49. The van der Waals surface area contributed by atoms with Crippen LogP contribution in [0.4, 0.5) is 5.82 Å². The number of hydrogen-bond donors (Lipinski definition) is 2. The molecule has 0 bridgehead atoms. The minimum atomic E-state index is -0.971. The summed E-state index contributed by atoms with van der Waals surface area (Å²) in [6.45, 7) is 5.53. The third-order valence-electron chi connectivity index (χ3n) is 4.84. The zero-order valence-electron chi connectivity index (χ0n) is 17.2. The number of aromatic amines is 1. The first-order valence-corrected chi connectivity index (χ1v) is 9.90. The van der Waals surface area contributed by atoms with Crippen LogP contribution in [0.2, 0.25) is 0 Å². The summed E-state index contributed by atoms with van der Waals surface area (Å²) in [6, 6.07) is 8.80. The number of H-pyrrole nitrogens is 1. The van der Waals surface area contributed by atoms with E-state index in [2.05, 4.69) is 20.4 Å². The Morgan fingerprint density at radius 3 is 2.77 bits per heavy atom. The number of aryl methyl sites for hydroxylation is 1. The highest BCUT2D eigenvalue weighted by atomic mass is 16.5. The van der Waals surface area contributed by atoms with Gasteiger partial charge in [0.1, 0.15) is 11.6 Å². The van der Waals surface area contributed by atoms with Crippen molar-refractivity contribution < 1.29 is 14.3 Å². The first-order valence-electron chi connectivity index (χ1n) is 9.90. The predicted molar refractivity (Wildman–Crippen MR) is 112 cm³/mol. The Labute approximate surface area is 173 Å². The molecule has 0 spiro atoms. The van der Waals surface area contributed by atoms with Crippen LogP contribution in [-0.2, 0) is 20.7 Å². The first kappa shape index (κ1) is 21.2. The normalized spacial score (nSPS) is 13.0. The summed E-state index contributed by atoms with van der Waals surface area (Å²) in [4.78, 5) is 43.7. The largest absolute Gasteiger partial charge is 0.453 e. The molecule has 0 radical (unpaired) electrons. The Kier molecular flexibility index (Phi) is 6.61. The van der Waals surface area contributed by atoms with Crippen LogP contribution in [0.15, 0.2) is 41.3 Å². The second-order valence-electron chi connectivity index (χ2n) is 7.07. The van der Waals surface area contributed by atoms with Crippen LogP contribution in [0, 0.1) is 0 Å². The van der Waals surface area contributed by atoms with Crippen molar-refractivity contribution in [3.8, 4) is 0 Å². The molecule has 3 aromatic rings. The number of para-hydroxylation sites is 1. The molecule has 2 aromatic heterocycles. The van der Waals surface area contributed by atoms with Crippen LogP contribution in [-0.4, -0.2) is 37.7 Å². The summed E-state index contributed by atoms with van der Waals surface area (Å²) in [5.41, 5.74) is 0.310. The summed E-state index contributed by atoms with van der Waals surface area (Å²) < 4.78 is 6.94. The number of carbonyl (C=O) groups is 2. The van der Waals surface area contributed by atoms with Crippen LogP contribution >= 0.6 is 0 Å². The fraction of sp³-hybridized carbons (Fsp3) is 0.381. The van der Waals surface area contributed by atoms with Gasteiger partial charge in [0.05, 0.1) is 29.6 Å². The Morgan fingerprint density at radius 1 is 1.23 bits per heavy atom. The van der Waals surface area contributed by atoms with E-state index < -0.39 is 18.0 Å². The molecule has 2 N–H and O–H groups in total. The number of aromatic nitrogens is 4. The van der Waals surface area contributed by atoms with Crippen molar-refractivity contribution in [1.82, 2.24) is 19.7 Å². The number of hydrogen-bond acceptors (Lipinski definition) is 6. The highest BCUT2D eigenvalue weighted by Crippen LogP contribution is 2.17. The molecular weight excluding hydrogens is 386 g/mol. The van der Waals surface area contributed by atoms with E-state index in [0.29, 0.717) is 22.5 Å². The number of esters is 1. The maximum absolute atomic E-state index is 12.4. The summed E-state index contributed by atoms with van der Waals surface area (Å²) in [6.07, 6.45) is 1.69. The van der Waals surface area contributed by atoms with E-state index in [1.54, 1.807) is 41.2 Å². The third-order valence-corrected chi connectivity index (χ3v) is 4.84. The second kappa shape index (κ2) is 9.34. The van der Waals surface area contributed by atoms with Crippen LogP contribution in [0.1, 0.15) is 45.5 Å². The molecule has 30 heavy (non-hydrogen) atoms. The average molecular weight is 411 g/mol. The van der Waals surface area contributed by atoms with Gasteiger partial charge in [-0.2, -0.15) is 5.10 Å². The molecule has 0 saturated carbocycles. The van der Waals surface area contributed by atoms with Crippen LogP contribution in [0.5, 0.6) is 0 Å². The molecule has 0 unspecified atom stereocenters.